The highest BCUT2D eigenvalue weighted by molar-refractivity contribution is 5.91. The zero-order chi connectivity index (χ0) is 19.2. The van der Waals surface area contributed by atoms with Gasteiger partial charge in [-0.2, -0.15) is 0 Å². The molecule has 0 spiro atoms. The first kappa shape index (κ1) is 18.1. The molecule has 1 amide bonds. The van der Waals surface area contributed by atoms with Crippen LogP contribution in [0, 0.1) is 10.1 Å². The van der Waals surface area contributed by atoms with Crippen LogP contribution in [0.3, 0.4) is 0 Å². The van der Waals surface area contributed by atoms with Crippen LogP contribution in [0.15, 0.2) is 77.7 Å². The van der Waals surface area contributed by atoms with Gasteiger partial charge < -0.3 is 5.32 Å². The molecule has 0 bridgehead atoms. The minimum atomic E-state index is -0.608. The molecule has 1 N–H and O–H groups in total. The summed E-state index contributed by atoms with van der Waals surface area (Å²) in [6.07, 6.45) is 1.71. The zero-order valence-corrected chi connectivity index (χ0v) is 14.4. The zero-order valence-electron chi connectivity index (χ0n) is 14.4. The van der Waals surface area contributed by atoms with Crippen LogP contribution in [0.4, 0.5) is 11.4 Å². The molecule has 0 atom stereocenters. The van der Waals surface area contributed by atoms with Gasteiger partial charge in [-0.15, -0.1) is 0 Å². The fourth-order valence-electron chi connectivity index (χ4n) is 2.71. The summed E-state index contributed by atoms with van der Waals surface area (Å²) < 4.78 is 1.02. The first-order chi connectivity index (χ1) is 13.0. The number of benzene rings is 2. The van der Waals surface area contributed by atoms with Crippen molar-refractivity contribution in [2.45, 2.75) is 13.0 Å². The number of nitro groups is 1. The molecule has 0 aliphatic heterocycles. The summed E-state index contributed by atoms with van der Waals surface area (Å²) in [5.41, 5.74) is 1.96. The molecule has 2 aromatic carbocycles. The van der Waals surface area contributed by atoms with Gasteiger partial charge in [0, 0.05) is 17.8 Å². The van der Waals surface area contributed by atoms with Gasteiger partial charge in [-0.05, 0) is 23.6 Å². The molecule has 7 heteroatoms. The fourth-order valence-corrected chi connectivity index (χ4v) is 2.71. The lowest BCUT2D eigenvalue weighted by Gasteiger charge is -2.12. The fraction of sp³-hybridized carbons (Fsp3) is 0.100. The lowest BCUT2D eigenvalue weighted by molar-refractivity contribution is -0.385. The van der Waals surface area contributed by atoms with E-state index in [2.05, 4.69) is 5.32 Å². The molecule has 0 saturated carbocycles. The van der Waals surface area contributed by atoms with E-state index >= 15 is 0 Å². The molecular weight excluding hydrogens is 346 g/mol. The SMILES string of the molecule is O=C(Cn1cc([N+](=O)[O-])ccc1=O)Nc1ccccc1Cc1ccccc1. The number of carbonyl (C=O) groups is 1. The Labute approximate surface area is 155 Å². The number of hydrogen-bond acceptors (Lipinski definition) is 4. The molecule has 0 fully saturated rings. The van der Waals surface area contributed by atoms with Gasteiger partial charge in [0.05, 0.1) is 11.1 Å². The highest BCUT2D eigenvalue weighted by atomic mass is 16.6. The third-order valence-electron chi connectivity index (χ3n) is 4.02. The van der Waals surface area contributed by atoms with Crippen molar-refractivity contribution in [3.05, 3.63) is 105 Å². The third kappa shape index (κ3) is 4.66. The average molecular weight is 363 g/mol. The van der Waals surface area contributed by atoms with Crippen molar-refractivity contribution in [2.24, 2.45) is 0 Å². The van der Waals surface area contributed by atoms with Crippen molar-refractivity contribution >= 4 is 17.3 Å². The largest absolute Gasteiger partial charge is 0.324 e. The Morgan fingerprint density at radius 1 is 1.00 bits per heavy atom. The standard InChI is InChI=1S/C20H17N3O4/c24-19(14-22-13-17(23(26)27)10-11-20(22)25)21-18-9-5-4-8-16(18)12-15-6-2-1-3-7-15/h1-11,13H,12,14H2,(H,21,24). The summed E-state index contributed by atoms with van der Waals surface area (Å²) in [5.74, 6) is -0.432. The van der Waals surface area contributed by atoms with Crippen LogP contribution < -0.4 is 10.9 Å². The second kappa shape index (κ2) is 8.09. The number of hydrogen-bond donors (Lipinski definition) is 1. The van der Waals surface area contributed by atoms with Gasteiger partial charge in [0.1, 0.15) is 6.54 Å². The Hall–Kier alpha value is -3.74. The highest BCUT2D eigenvalue weighted by Gasteiger charge is 2.12. The summed E-state index contributed by atoms with van der Waals surface area (Å²) in [7, 11) is 0. The third-order valence-corrected chi connectivity index (χ3v) is 4.02. The maximum absolute atomic E-state index is 12.4. The van der Waals surface area contributed by atoms with E-state index < -0.39 is 16.4 Å². The van der Waals surface area contributed by atoms with Gasteiger partial charge in [0.15, 0.2) is 0 Å². The maximum Gasteiger partial charge on any atom is 0.285 e. The molecule has 1 aromatic heterocycles. The number of nitrogens with one attached hydrogen (secondary N) is 1. The second-order valence-corrected chi connectivity index (χ2v) is 5.98. The molecule has 27 heavy (non-hydrogen) atoms. The molecule has 0 radical (unpaired) electrons. The van der Waals surface area contributed by atoms with E-state index in [0.29, 0.717) is 12.1 Å². The van der Waals surface area contributed by atoms with Crippen LogP contribution in [0.1, 0.15) is 11.1 Å². The van der Waals surface area contributed by atoms with Gasteiger partial charge in [-0.3, -0.25) is 24.3 Å². The van der Waals surface area contributed by atoms with Gasteiger partial charge in [-0.1, -0.05) is 48.5 Å². The molecular formula is C20H17N3O4. The van der Waals surface area contributed by atoms with E-state index in [9.17, 15) is 19.7 Å². The average Bonchev–Trinajstić information content (AvgIpc) is 2.66. The number of rotatable bonds is 6. The molecule has 0 aliphatic rings. The summed E-state index contributed by atoms with van der Waals surface area (Å²) in [4.78, 5) is 34.5. The lowest BCUT2D eigenvalue weighted by atomic mass is 10.0. The Morgan fingerprint density at radius 2 is 1.70 bits per heavy atom. The second-order valence-electron chi connectivity index (χ2n) is 5.98. The van der Waals surface area contributed by atoms with E-state index in [-0.39, 0.29) is 12.2 Å². The van der Waals surface area contributed by atoms with Crippen molar-refractivity contribution in [1.82, 2.24) is 4.57 Å². The van der Waals surface area contributed by atoms with E-state index in [1.54, 1.807) is 6.07 Å². The van der Waals surface area contributed by atoms with Crippen molar-refractivity contribution in [3.63, 3.8) is 0 Å². The van der Waals surface area contributed by atoms with Crippen molar-refractivity contribution in [2.75, 3.05) is 5.32 Å². The predicted octanol–water partition coefficient (Wildman–Crippen LogP) is 2.99. The van der Waals surface area contributed by atoms with Gasteiger partial charge in [0.25, 0.3) is 11.2 Å². The monoisotopic (exact) mass is 363 g/mol. The van der Waals surface area contributed by atoms with E-state index in [1.165, 1.54) is 0 Å². The molecule has 136 valence electrons. The van der Waals surface area contributed by atoms with E-state index in [0.717, 1.165) is 34.0 Å². The van der Waals surface area contributed by atoms with E-state index in [4.69, 9.17) is 0 Å². The van der Waals surface area contributed by atoms with Crippen molar-refractivity contribution < 1.29 is 9.72 Å². The Bertz CT molecular complexity index is 1030. The number of amides is 1. The summed E-state index contributed by atoms with van der Waals surface area (Å²) in [6, 6.07) is 19.4. The number of anilines is 1. The highest BCUT2D eigenvalue weighted by Crippen LogP contribution is 2.19. The van der Waals surface area contributed by atoms with Gasteiger partial charge in [0.2, 0.25) is 5.91 Å². The Kier molecular flexibility index (Phi) is 5.41. The number of carbonyl (C=O) groups excluding carboxylic acids is 1. The smallest absolute Gasteiger partial charge is 0.285 e. The van der Waals surface area contributed by atoms with Crippen LogP contribution in [-0.2, 0) is 17.8 Å². The maximum atomic E-state index is 12.4. The summed E-state index contributed by atoms with van der Waals surface area (Å²) in [6.45, 7) is -0.305. The number of nitrogens with zero attached hydrogens (tertiary/aromatic N) is 2. The van der Waals surface area contributed by atoms with E-state index in [1.807, 2.05) is 48.5 Å². The number of aromatic nitrogens is 1. The predicted molar refractivity (Wildman–Crippen MR) is 102 cm³/mol. The first-order valence-electron chi connectivity index (χ1n) is 8.29. The molecule has 3 rings (SSSR count). The molecule has 1 heterocycles. The summed E-state index contributed by atoms with van der Waals surface area (Å²) in [5, 5.41) is 13.6. The molecule has 0 saturated heterocycles. The van der Waals surface area contributed by atoms with Gasteiger partial charge >= 0.3 is 0 Å². The Balaban J connectivity index is 1.76. The van der Waals surface area contributed by atoms with Crippen LogP contribution in [0.2, 0.25) is 0 Å². The normalized spacial score (nSPS) is 10.4. The molecule has 0 unspecified atom stereocenters. The van der Waals surface area contributed by atoms with Gasteiger partial charge in [-0.25, -0.2) is 0 Å². The molecule has 0 aliphatic carbocycles. The van der Waals surface area contributed by atoms with Crippen molar-refractivity contribution in [3.8, 4) is 0 Å². The van der Waals surface area contributed by atoms with Crippen LogP contribution in [-0.4, -0.2) is 15.4 Å². The minimum absolute atomic E-state index is 0.244. The quantitative estimate of drug-likeness (QED) is 0.538. The van der Waals surface area contributed by atoms with Crippen LogP contribution in [0.25, 0.3) is 0 Å². The van der Waals surface area contributed by atoms with Crippen LogP contribution >= 0.6 is 0 Å². The first-order valence-corrected chi connectivity index (χ1v) is 8.29. The Morgan fingerprint density at radius 3 is 2.44 bits per heavy atom. The van der Waals surface area contributed by atoms with Crippen molar-refractivity contribution in [1.29, 1.82) is 0 Å². The minimum Gasteiger partial charge on any atom is -0.324 e. The van der Waals surface area contributed by atoms with Crippen LogP contribution in [0.5, 0.6) is 0 Å². The summed E-state index contributed by atoms with van der Waals surface area (Å²) >= 11 is 0. The molecule has 3 aromatic rings. The number of para-hydroxylation sites is 1. The molecule has 7 nitrogen and oxygen atoms in total. The number of pyridine rings is 1. The topological polar surface area (TPSA) is 94.2 Å². The lowest BCUT2D eigenvalue weighted by Crippen LogP contribution is -2.27.